The fraction of sp³-hybridized carbons (Fsp3) is 0.500. The first-order valence-corrected chi connectivity index (χ1v) is 6.14. The molecule has 0 heterocycles. The standard InChI is InChI=1S/C14H19F2NO/c1-4-10(2)17(3)9-8-13(18)11-6-5-7-12(15)14(11)16/h5-7,10H,4,8-9H2,1-3H3. The largest absolute Gasteiger partial charge is 0.303 e. The summed E-state index contributed by atoms with van der Waals surface area (Å²) in [6, 6.07) is 4.06. The lowest BCUT2D eigenvalue weighted by molar-refractivity contribution is 0.0956. The van der Waals surface area contributed by atoms with E-state index in [1.54, 1.807) is 0 Å². The predicted molar refractivity (Wildman–Crippen MR) is 67.7 cm³/mol. The van der Waals surface area contributed by atoms with Crippen molar-refractivity contribution in [3.05, 3.63) is 35.4 Å². The Bertz CT molecular complexity index is 420. The van der Waals surface area contributed by atoms with E-state index in [0.29, 0.717) is 12.6 Å². The highest BCUT2D eigenvalue weighted by Crippen LogP contribution is 2.14. The van der Waals surface area contributed by atoms with Gasteiger partial charge in [0.05, 0.1) is 5.56 Å². The summed E-state index contributed by atoms with van der Waals surface area (Å²) in [5.74, 6) is -2.38. The number of nitrogens with zero attached hydrogens (tertiary/aromatic N) is 1. The Labute approximate surface area is 107 Å². The summed E-state index contributed by atoms with van der Waals surface area (Å²) in [5.41, 5.74) is -0.160. The molecule has 1 aromatic carbocycles. The molecule has 4 heteroatoms. The fourth-order valence-electron chi connectivity index (χ4n) is 1.66. The minimum Gasteiger partial charge on any atom is -0.303 e. The highest BCUT2D eigenvalue weighted by atomic mass is 19.2. The molecule has 1 unspecified atom stereocenters. The van der Waals surface area contributed by atoms with Crippen molar-refractivity contribution in [2.45, 2.75) is 32.7 Å². The van der Waals surface area contributed by atoms with Gasteiger partial charge < -0.3 is 4.90 Å². The lowest BCUT2D eigenvalue weighted by Gasteiger charge is -2.22. The van der Waals surface area contributed by atoms with Crippen LogP contribution >= 0.6 is 0 Å². The van der Waals surface area contributed by atoms with Crippen LogP contribution in [-0.2, 0) is 0 Å². The molecule has 0 saturated heterocycles. The molecule has 0 aliphatic carbocycles. The molecule has 0 aliphatic rings. The molecule has 0 amide bonds. The van der Waals surface area contributed by atoms with E-state index >= 15 is 0 Å². The van der Waals surface area contributed by atoms with E-state index in [1.165, 1.54) is 12.1 Å². The lowest BCUT2D eigenvalue weighted by Crippen LogP contribution is -2.30. The van der Waals surface area contributed by atoms with Crippen LogP contribution in [0.5, 0.6) is 0 Å². The van der Waals surface area contributed by atoms with E-state index in [-0.39, 0.29) is 17.8 Å². The van der Waals surface area contributed by atoms with Gasteiger partial charge in [-0.3, -0.25) is 4.79 Å². The molecule has 0 aromatic heterocycles. The number of benzene rings is 1. The Balaban J connectivity index is 2.64. The SMILES string of the molecule is CCC(C)N(C)CCC(=O)c1cccc(F)c1F. The maximum Gasteiger partial charge on any atom is 0.169 e. The number of rotatable bonds is 6. The lowest BCUT2D eigenvalue weighted by atomic mass is 10.1. The first-order chi connectivity index (χ1) is 8.47. The summed E-state index contributed by atoms with van der Waals surface area (Å²) < 4.78 is 26.4. The molecule has 0 spiro atoms. The van der Waals surface area contributed by atoms with Crippen molar-refractivity contribution in [2.24, 2.45) is 0 Å². The summed E-state index contributed by atoms with van der Waals surface area (Å²) >= 11 is 0. The van der Waals surface area contributed by atoms with Crippen LogP contribution in [0.2, 0.25) is 0 Å². The van der Waals surface area contributed by atoms with Gasteiger partial charge >= 0.3 is 0 Å². The van der Waals surface area contributed by atoms with Gasteiger partial charge in [0, 0.05) is 19.0 Å². The first kappa shape index (κ1) is 14.8. The Kier molecular flexibility index (Phi) is 5.41. The van der Waals surface area contributed by atoms with E-state index in [2.05, 4.69) is 13.8 Å². The molecule has 1 atom stereocenters. The van der Waals surface area contributed by atoms with Gasteiger partial charge in [0.25, 0.3) is 0 Å². The van der Waals surface area contributed by atoms with Crippen molar-refractivity contribution in [2.75, 3.05) is 13.6 Å². The summed E-state index contributed by atoms with van der Waals surface area (Å²) in [6.07, 6.45) is 1.18. The van der Waals surface area contributed by atoms with Crippen LogP contribution in [0, 0.1) is 11.6 Å². The van der Waals surface area contributed by atoms with Gasteiger partial charge in [-0.1, -0.05) is 13.0 Å². The molecular weight excluding hydrogens is 236 g/mol. The third-order valence-electron chi connectivity index (χ3n) is 3.29. The fourth-order valence-corrected chi connectivity index (χ4v) is 1.66. The van der Waals surface area contributed by atoms with Gasteiger partial charge in [0.1, 0.15) is 0 Å². The number of hydrogen-bond donors (Lipinski definition) is 0. The number of hydrogen-bond acceptors (Lipinski definition) is 2. The number of halogens is 2. The molecule has 0 saturated carbocycles. The molecule has 2 nitrogen and oxygen atoms in total. The number of carbonyl (C=O) groups is 1. The van der Waals surface area contributed by atoms with Crippen molar-refractivity contribution in [1.29, 1.82) is 0 Å². The normalized spacial score (nSPS) is 12.8. The molecular formula is C14H19F2NO. The van der Waals surface area contributed by atoms with Crippen molar-refractivity contribution in [3.8, 4) is 0 Å². The maximum absolute atomic E-state index is 13.4. The molecule has 0 fully saturated rings. The first-order valence-electron chi connectivity index (χ1n) is 6.14. The Hall–Kier alpha value is -1.29. The topological polar surface area (TPSA) is 20.3 Å². The quantitative estimate of drug-likeness (QED) is 0.727. The summed E-state index contributed by atoms with van der Waals surface area (Å²) in [6.45, 7) is 4.67. The zero-order valence-electron chi connectivity index (χ0n) is 11.0. The molecule has 1 aromatic rings. The van der Waals surface area contributed by atoms with E-state index in [4.69, 9.17) is 0 Å². The van der Waals surface area contributed by atoms with E-state index in [9.17, 15) is 13.6 Å². The third-order valence-corrected chi connectivity index (χ3v) is 3.29. The van der Waals surface area contributed by atoms with E-state index in [1.807, 2.05) is 11.9 Å². The summed E-state index contributed by atoms with van der Waals surface area (Å²) in [4.78, 5) is 13.8. The average molecular weight is 255 g/mol. The monoisotopic (exact) mass is 255 g/mol. The van der Waals surface area contributed by atoms with Gasteiger partial charge in [-0.05, 0) is 32.5 Å². The van der Waals surface area contributed by atoms with Gasteiger partial charge in [0.2, 0.25) is 0 Å². The number of Topliss-reactive ketones (excluding diaryl/α,β-unsaturated/α-hetero) is 1. The van der Waals surface area contributed by atoms with Gasteiger partial charge in [0.15, 0.2) is 17.4 Å². The molecule has 0 bridgehead atoms. The molecule has 0 aliphatic heterocycles. The maximum atomic E-state index is 13.4. The minimum atomic E-state index is -1.05. The highest BCUT2D eigenvalue weighted by Gasteiger charge is 2.16. The van der Waals surface area contributed by atoms with Crippen molar-refractivity contribution < 1.29 is 13.6 Å². The smallest absolute Gasteiger partial charge is 0.169 e. The Morgan fingerprint density at radius 2 is 2.06 bits per heavy atom. The average Bonchev–Trinajstić information content (AvgIpc) is 2.37. The Morgan fingerprint density at radius 1 is 1.39 bits per heavy atom. The molecule has 1 rings (SSSR count). The number of ketones is 1. The van der Waals surface area contributed by atoms with Crippen LogP contribution in [0.25, 0.3) is 0 Å². The van der Waals surface area contributed by atoms with Crippen LogP contribution in [0.1, 0.15) is 37.0 Å². The third kappa shape index (κ3) is 3.60. The zero-order valence-corrected chi connectivity index (χ0v) is 11.0. The van der Waals surface area contributed by atoms with E-state index < -0.39 is 11.6 Å². The molecule has 0 N–H and O–H groups in total. The Morgan fingerprint density at radius 3 is 2.67 bits per heavy atom. The van der Waals surface area contributed by atoms with Gasteiger partial charge in [-0.2, -0.15) is 0 Å². The molecule has 0 radical (unpaired) electrons. The molecule has 100 valence electrons. The van der Waals surface area contributed by atoms with Crippen LogP contribution in [-0.4, -0.2) is 30.3 Å². The van der Waals surface area contributed by atoms with Gasteiger partial charge in [-0.25, -0.2) is 8.78 Å². The van der Waals surface area contributed by atoms with Crippen molar-refractivity contribution in [1.82, 2.24) is 4.90 Å². The van der Waals surface area contributed by atoms with Crippen LogP contribution in [0.15, 0.2) is 18.2 Å². The summed E-state index contributed by atoms with van der Waals surface area (Å²) in [7, 11) is 1.92. The van der Waals surface area contributed by atoms with Crippen LogP contribution < -0.4 is 0 Å². The van der Waals surface area contributed by atoms with Gasteiger partial charge in [-0.15, -0.1) is 0 Å². The highest BCUT2D eigenvalue weighted by molar-refractivity contribution is 5.96. The second-order valence-corrected chi connectivity index (χ2v) is 4.51. The zero-order chi connectivity index (χ0) is 13.7. The molecule has 18 heavy (non-hydrogen) atoms. The van der Waals surface area contributed by atoms with Crippen LogP contribution in [0.3, 0.4) is 0 Å². The minimum absolute atomic E-state index is 0.160. The van der Waals surface area contributed by atoms with Crippen molar-refractivity contribution in [3.63, 3.8) is 0 Å². The van der Waals surface area contributed by atoms with Crippen LogP contribution in [0.4, 0.5) is 8.78 Å². The summed E-state index contributed by atoms with van der Waals surface area (Å²) in [5, 5.41) is 0. The number of carbonyl (C=O) groups excluding carboxylic acids is 1. The van der Waals surface area contributed by atoms with Crippen molar-refractivity contribution >= 4 is 5.78 Å². The second kappa shape index (κ2) is 6.59. The second-order valence-electron chi connectivity index (χ2n) is 4.51. The van der Waals surface area contributed by atoms with E-state index in [0.717, 1.165) is 12.5 Å². The predicted octanol–water partition coefficient (Wildman–Crippen LogP) is 3.27.